The molecule has 1 aromatic rings. The number of nitrogens with two attached hydrogens (primary N) is 1. The standard InChI is InChI=1S/C10H14N2O/c1-6-2-8(7-4-12-5-7)10(13)9(11)3-6/h2-3,7,12-13H,4-5,11H2,1H3. The van der Waals surface area contributed by atoms with E-state index in [1.54, 1.807) is 6.07 Å². The zero-order valence-corrected chi connectivity index (χ0v) is 7.67. The maximum absolute atomic E-state index is 9.70. The van der Waals surface area contributed by atoms with E-state index in [-0.39, 0.29) is 5.75 Å². The molecule has 0 amide bonds. The first-order chi connectivity index (χ1) is 6.18. The van der Waals surface area contributed by atoms with Crippen LogP contribution in [0.25, 0.3) is 0 Å². The molecule has 70 valence electrons. The molecular formula is C10H14N2O. The molecule has 0 atom stereocenters. The number of phenols is 1. The Morgan fingerprint density at radius 3 is 2.69 bits per heavy atom. The lowest BCUT2D eigenvalue weighted by molar-refractivity contribution is 0.414. The summed E-state index contributed by atoms with van der Waals surface area (Å²) in [5, 5.41) is 12.9. The highest BCUT2D eigenvalue weighted by Gasteiger charge is 2.22. The minimum atomic E-state index is 0.261. The Kier molecular flexibility index (Phi) is 1.88. The van der Waals surface area contributed by atoms with Gasteiger partial charge in [0, 0.05) is 24.6 Å². The largest absolute Gasteiger partial charge is 0.505 e. The summed E-state index contributed by atoms with van der Waals surface area (Å²) in [6.45, 7) is 3.87. The molecule has 0 aromatic heterocycles. The van der Waals surface area contributed by atoms with Crippen molar-refractivity contribution >= 4 is 5.69 Å². The molecule has 0 unspecified atom stereocenters. The highest BCUT2D eigenvalue weighted by molar-refractivity contribution is 5.59. The van der Waals surface area contributed by atoms with Crippen LogP contribution in [0.1, 0.15) is 17.0 Å². The number of hydrogen-bond acceptors (Lipinski definition) is 3. The Morgan fingerprint density at radius 1 is 1.46 bits per heavy atom. The Morgan fingerprint density at radius 2 is 2.15 bits per heavy atom. The van der Waals surface area contributed by atoms with Crippen LogP contribution >= 0.6 is 0 Å². The average Bonchev–Trinajstić information content (AvgIpc) is 1.95. The van der Waals surface area contributed by atoms with E-state index in [0.29, 0.717) is 11.6 Å². The molecule has 13 heavy (non-hydrogen) atoms. The van der Waals surface area contributed by atoms with Crippen molar-refractivity contribution in [3.05, 3.63) is 23.3 Å². The van der Waals surface area contributed by atoms with Crippen molar-refractivity contribution < 1.29 is 5.11 Å². The number of nitrogens with one attached hydrogen (secondary N) is 1. The number of rotatable bonds is 1. The Balaban J connectivity index is 2.42. The lowest BCUT2D eigenvalue weighted by Crippen LogP contribution is -2.39. The molecule has 0 bridgehead atoms. The van der Waals surface area contributed by atoms with Crippen LogP contribution in [0.15, 0.2) is 12.1 Å². The van der Waals surface area contributed by atoms with Crippen LogP contribution in [-0.2, 0) is 0 Å². The molecule has 1 aromatic carbocycles. The first-order valence-electron chi connectivity index (χ1n) is 4.48. The van der Waals surface area contributed by atoms with Crippen molar-refractivity contribution in [1.29, 1.82) is 0 Å². The van der Waals surface area contributed by atoms with Crippen molar-refractivity contribution in [1.82, 2.24) is 5.32 Å². The van der Waals surface area contributed by atoms with Gasteiger partial charge in [0.25, 0.3) is 0 Å². The van der Waals surface area contributed by atoms with Gasteiger partial charge in [0.2, 0.25) is 0 Å². The predicted molar refractivity (Wildman–Crippen MR) is 52.9 cm³/mol. The van der Waals surface area contributed by atoms with Crippen molar-refractivity contribution in [3.8, 4) is 5.75 Å². The zero-order valence-electron chi connectivity index (χ0n) is 7.67. The Hall–Kier alpha value is -1.22. The number of phenolic OH excluding ortho intramolecular Hbond substituents is 1. The summed E-state index contributed by atoms with van der Waals surface area (Å²) in [7, 11) is 0. The summed E-state index contributed by atoms with van der Waals surface area (Å²) in [5.41, 5.74) is 8.25. The summed E-state index contributed by atoms with van der Waals surface area (Å²) < 4.78 is 0. The highest BCUT2D eigenvalue weighted by Crippen LogP contribution is 2.33. The average molecular weight is 178 g/mol. The van der Waals surface area contributed by atoms with Crippen molar-refractivity contribution in [2.45, 2.75) is 12.8 Å². The van der Waals surface area contributed by atoms with E-state index in [0.717, 1.165) is 24.2 Å². The van der Waals surface area contributed by atoms with Gasteiger partial charge in [-0.3, -0.25) is 0 Å². The maximum Gasteiger partial charge on any atom is 0.142 e. The molecule has 1 fully saturated rings. The van der Waals surface area contributed by atoms with Crippen LogP contribution in [0, 0.1) is 6.92 Å². The smallest absolute Gasteiger partial charge is 0.142 e. The van der Waals surface area contributed by atoms with Gasteiger partial charge in [-0.2, -0.15) is 0 Å². The fourth-order valence-corrected chi connectivity index (χ4v) is 1.66. The van der Waals surface area contributed by atoms with E-state index in [4.69, 9.17) is 5.73 Å². The van der Waals surface area contributed by atoms with E-state index in [2.05, 4.69) is 5.32 Å². The molecule has 4 N–H and O–H groups in total. The van der Waals surface area contributed by atoms with Crippen LogP contribution < -0.4 is 11.1 Å². The van der Waals surface area contributed by atoms with Gasteiger partial charge in [-0.05, 0) is 18.6 Å². The zero-order chi connectivity index (χ0) is 9.42. The van der Waals surface area contributed by atoms with Gasteiger partial charge in [-0.15, -0.1) is 0 Å². The van der Waals surface area contributed by atoms with Crippen LogP contribution in [0.5, 0.6) is 5.75 Å². The van der Waals surface area contributed by atoms with Crippen molar-refractivity contribution in [2.75, 3.05) is 18.8 Å². The van der Waals surface area contributed by atoms with Crippen LogP contribution in [0.3, 0.4) is 0 Å². The summed E-state index contributed by atoms with van der Waals surface area (Å²) in [4.78, 5) is 0. The minimum absolute atomic E-state index is 0.261. The lowest BCUT2D eigenvalue weighted by atomic mass is 9.91. The molecule has 3 nitrogen and oxygen atoms in total. The first kappa shape index (κ1) is 8.38. The van der Waals surface area contributed by atoms with Gasteiger partial charge in [0.1, 0.15) is 5.75 Å². The normalized spacial score (nSPS) is 17.0. The molecular weight excluding hydrogens is 164 g/mol. The number of nitrogen functional groups attached to an aromatic ring is 1. The molecule has 0 aliphatic carbocycles. The van der Waals surface area contributed by atoms with Gasteiger partial charge in [0.15, 0.2) is 0 Å². The third-order valence-corrected chi connectivity index (χ3v) is 2.53. The summed E-state index contributed by atoms with van der Waals surface area (Å²) in [6, 6.07) is 3.81. The second kappa shape index (κ2) is 2.92. The number of aryl methyl sites for hydroxylation is 1. The topological polar surface area (TPSA) is 58.3 Å². The van der Waals surface area contributed by atoms with Crippen LogP contribution in [-0.4, -0.2) is 18.2 Å². The van der Waals surface area contributed by atoms with E-state index in [1.165, 1.54) is 0 Å². The van der Waals surface area contributed by atoms with Crippen LogP contribution in [0.2, 0.25) is 0 Å². The second-order valence-electron chi connectivity index (χ2n) is 3.65. The van der Waals surface area contributed by atoms with Gasteiger partial charge in [0.05, 0.1) is 5.69 Å². The van der Waals surface area contributed by atoms with Crippen molar-refractivity contribution in [2.24, 2.45) is 0 Å². The monoisotopic (exact) mass is 178 g/mol. The molecule has 0 spiro atoms. The Bertz CT molecular complexity index is 332. The third kappa shape index (κ3) is 1.35. The fraction of sp³-hybridized carbons (Fsp3) is 0.400. The summed E-state index contributed by atoms with van der Waals surface area (Å²) in [5.74, 6) is 0.694. The first-order valence-corrected chi connectivity index (χ1v) is 4.48. The molecule has 1 aliphatic rings. The van der Waals surface area contributed by atoms with Gasteiger partial charge < -0.3 is 16.2 Å². The van der Waals surface area contributed by atoms with E-state index >= 15 is 0 Å². The SMILES string of the molecule is Cc1cc(N)c(O)c(C2CNC2)c1. The summed E-state index contributed by atoms with van der Waals surface area (Å²) >= 11 is 0. The fourth-order valence-electron chi connectivity index (χ4n) is 1.66. The molecule has 1 heterocycles. The quantitative estimate of drug-likeness (QED) is 0.443. The molecule has 3 heteroatoms. The maximum atomic E-state index is 9.70. The minimum Gasteiger partial charge on any atom is -0.505 e. The van der Waals surface area contributed by atoms with Gasteiger partial charge in [-0.1, -0.05) is 6.07 Å². The highest BCUT2D eigenvalue weighted by atomic mass is 16.3. The molecule has 1 saturated heterocycles. The number of anilines is 1. The van der Waals surface area contributed by atoms with Crippen LogP contribution in [0.4, 0.5) is 5.69 Å². The predicted octanol–water partition coefficient (Wildman–Crippen LogP) is 0.970. The van der Waals surface area contributed by atoms with E-state index < -0.39 is 0 Å². The van der Waals surface area contributed by atoms with Gasteiger partial charge in [-0.25, -0.2) is 0 Å². The van der Waals surface area contributed by atoms with Gasteiger partial charge >= 0.3 is 0 Å². The molecule has 0 radical (unpaired) electrons. The number of aromatic hydroxyl groups is 1. The number of benzene rings is 1. The molecule has 1 aliphatic heterocycles. The van der Waals surface area contributed by atoms with Crippen molar-refractivity contribution in [3.63, 3.8) is 0 Å². The lowest BCUT2D eigenvalue weighted by Gasteiger charge is -2.28. The van der Waals surface area contributed by atoms with E-state index in [1.807, 2.05) is 13.0 Å². The third-order valence-electron chi connectivity index (χ3n) is 2.53. The Labute approximate surface area is 77.6 Å². The molecule has 0 saturated carbocycles. The molecule has 2 rings (SSSR count). The second-order valence-corrected chi connectivity index (χ2v) is 3.65. The summed E-state index contributed by atoms with van der Waals surface area (Å²) in [6.07, 6.45) is 0. The van der Waals surface area contributed by atoms with E-state index in [9.17, 15) is 5.11 Å². The number of hydrogen-bond donors (Lipinski definition) is 3.